The van der Waals surface area contributed by atoms with Gasteiger partial charge in [-0.25, -0.2) is 0 Å². The molecule has 0 radical (unpaired) electrons. The van der Waals surface area contributed by atoms with Crippen molar-refractivity contribution in [2.75, 3.05) is 0 Å². The number of hydrogen-bond acceptors (Lipinski definition) is 2. The third-order valence-corrected chi connectivity index (χ3v) is 18.6. The lowest BCUT2D eigenvalue weighted by Gasteiger charge is -2.21. The number of aryl methyl sites for hydroxylation is 4. The van der Waals surface area contributed by atoms with Crippen molar-refractivity contribution in [3.8, 4) is 22.3 Å². The predicted octanol–water partition coefficient (Wildman–Crippen LogP) is 13.7. The Balaban J connectivity index is 1.18. The Kier molecular flexibility index (Phi) is 15.5. The molecule has 318 valence electrons. The van der Waals surface area contributed by atoms with E-state index in [4.69, 9.17) is 0 Å². The molecule has 62 heavy (non-hydrogen) atoms. The van der Waals surface area contributed by atoms with E-state index in [0.29, 0.717) is 0 Å². The van der Waals surface area contributed by atoms with Gasteiger partial charge in [0.2, 0.25) is 0 Å². The Labute approximate surface area is 372 Å². The zero-order chi connectivity index (χ0) is 43.4. The molecular weight excluding hydrogens is 791 g/mol. The van der Waals surface area contributed by atoms with Gasteiger partial charge in [0.1, 0.15) is 0 Å². The van der Waals surface area contributed by atoms with Crippen molar-refractivity contribution >= 4 is 46.1 Å². The smallest absolute Gasteiger partial charge is 0.171 e. The maximum atomic E-state index is 15.5. The molecule has 2 nitrogen and oxygen atoms in total. The van der Waals surface area contributed by atoms with Gasteiger partial charge < -0.3 is 9.13 Å². The summed E-state index contributed by atoms with van der Waals surface area (Å²) in [7, 11) is -6.28. The van der Waals surface area contributed by atoms with Gasteiger partial charge in [0.05, 0.1) is 0 Å². The van der Waals surface area contributed by atoms with Crippen molar-refractivity contribution in [2.45, 2.75) is 105 Å². The fourth-order valence-corrected chi connectivity index (χ4v) is 13.7. The molecule has 4 heteroatoms. The fraction of sp³-hybridized carbons (Fsp3) is 0.276. The molecule has 0 aliphatic heterocycles. The number of benzene rings is 7. The van der Waals surface area contributed by atoms with Crippen molar-refractivity contribution < 1.29 is 9.13 Å². The van der Waals surface area contributed by atoms with Crippen LogP contribution in [0.2, 0.25) is 0 Å². The van der Waals surface area contributed by atoms with Crippen LogP contribution in [0.4, 0.5) is 0 Å². The number of rotatable bonds is 20. The van der Waals surface area contributed by atoms with Gasteiger partial charge in [0, 0.05) is 31.8 Å². The summed E-state index contributed by atoms with van der Waals surface area (Å²) in [4.78, 5) is 0. The van der Waals surface area contributed by atoms with Crippen molar-refractivity contribution in [2.24, 2.45) is 0 Å². The summed E-state index contributed by atoms with van der Waals surface area (Å²) >= 11 is 0. The van der Waals surface area contributed by atoms with E-state index in [-0.39, 0.29) is 0 Å². The lowest BCUT2D eigenvalue weighted by Crippen LogP contribution is -2.25. The second-order valence-electron chi connectivity index (χ2n) is 17.0. The molecule has 0 bridgehead atoms. The standard InChI is InChI=1S/C58H64O2P2/c1-5-9-14-45-20-32-53(33-21-45)61(59,54-34-22-46(23-35-54)15-10-6-2)57-40-28-49(29-41-57)51-18-13-19-52(44-51)50-30-42-58(43-31-50)62(60,55-36-24-47(25-37-55)16-11-7-3)56-38-26-48(27-39-56)17-12-8-4/h13,18-44H,5-12,14-17H2,1-4H3. The second-order valence-corrected chi connectivity index (χ2v) is 22.5. The highest BCUT2D eigenvalue weighted by molar-refractivity contribution is 7.85. The normalized spacial score (nSPS) is 11.8. The summed E-state index contributed by atoms with van der Waals surface area (Å²) < 4.78 is 31.0. The largest absolute Gasteiger partial charge is 0.309 e. The highest BCUT2D eigenvalue weighted by Gasteiger charge is 2.31. The third kappa shape index (κ3) is 10.3. The molecule has 0 saturated carbocycles. The SMILES string of the molecule is CCCCc1ccc(P(=O)(c2ccc(CCCC)cc2)c2ccc(-c3cccc(-c4ccc(P(=O)(c5ccc(CCCC)cc5)c5ccc(CCCC)cc5)cc4)c3)cc2)cc1. The summed E-state index contributed by atoms with van der Waals surface area (Å²) in [6.07, 6.45) is 13.3. The van der Waals surface area contributed by atoms with E-state index in [2.05, 4.69) is 198 Å². The van der Waals surface area contributed by atoms with Gasteiger partial charge in [-0.05, 0) is 102 Å². The molecule has 0 heterocycles. The van der Waals surface area contributed by atoms with Gasteiger partial charge in [0.25, 0.3) is 0 Å². The summed E-state index contributed by atoms with van der Waals surface area (Å²) in [5, 5.41) is 5.16. The van der Waals surface area contributed by atoms with Crippen LogP contribution in [-0.4, -0.2) is 0 Å². The molecule has 7 aromatic rings. The molecule has 0 amide bonds. The molecule has 7 rings (SSSR count). The topological polar surface area (TPSA) is 34.1 Å². The zero-order valence-corrected chi connectivity index (χ0v) is 39.2. The molecule has 0 atom stereocenters. The van der Waals surface area contributed by atoms with Gasteiger partial charge >= 0.3 is 0 Å². The van der Waals surface area contributed by atoms with E-state index in [1.807, 2.05) is 0 Å². The lowest BCUT2D eigenvalue weighted by atomic mass is 9.99. The van der Waals surface area contributed by atoms with Crippen LogP contribution in [0.5, 0.6) is 0 Å². The van der Waals surface area contributed by atoms with E-state index in [9.17, 15) is 0 Å². The van der Waals surface area contributed by atoms with E-state index >= 15 is 9.13 Å². The maximum Gasteiger partial charge on any atom is 0.171 e. The molecular formula is C58H64O2P2. The van der Waals surface area contributed by atoms with Gasteiger partial charge in [-0.2, -0.15) is 0 Å². The van der Waals surface area contributed by atoms with Crippen molar-refractivity contribution in [1.82, 2.24) is 0 Å². The van der Waals surface area contributed by atoms with Crippen molar-refractivity contribution in [1.29, 1.82) is 0 Å². The van der Waals surface area contributed by atoms with Crippen LogP contribution >= 0.6 is 14.3 Å². The average Bonchev–Trinajstić information content (AvgIpc) is 3.34. The maximum absolute atomic E-state index is 15.5. The van der Waals surface area contributed by atoms with Gasteiger partial charge in [-0.15, -0.1) is 0 Å². The first kappa shape index (κ1) is 45.0. The van der Waals surface area contributed by atoms with Crippen LogP contribution < -0.4 is 31.8 Å². The van der Waals surface area contributed by atoms with Crippen LogP contribution in [0.1, 0.15) is 101 Å². The Morgan fingerprint density at radius 3 is 0.742 bits per heavy atom. The summed E-state index contributed by atoms with van der Waals surface area (Å²) in [5.41, 5.74) is 9.46. The monoisotopic (exact) mass is 854 g/mol. The molecule has 0 aliphatic carbocycles. The highest BCUT2D eigenvalue weighted by atomic mass is 31.2. The van der Waals surface area contributed by atoms with E-state index < -0.39 is 14.3 Å². The van der Waals surface area contributed by atoms with E-state index in [0.717, 1.165) is 131 Å². The van der Waals surface area contributed by atoms with E-state index in [1.54, 1.807) is 0 Å². The Morgan fingerprint density at radius 1 is 0.290 bits per heavy atom. The third-order valence-electron chi connectivity index (χ3n) is 12.5. The van der Waals surface area contributed by atoms with Gasteiger partial charge in [0.15, 0.2) is 14.3 Å². The predicted molar refractivity (Wildman–Crippen MR) is 271 cm³/mol. The fourth-order valence-electron chi connectivity index (χ4n) is 8.51. The number of hydrogen-bond donors (Lipinski definition) is 0. The van der Waals surface area contributed by atoms with Crippen LogP contribution in [0.15, 0.2) is 170 Å². The molecule has 0 spiro atoms. The first-order chi connectivity index (χ1) is 30.3. The summed E-state index contributed by atoms with van der Waals surface area (Å²) in [6.45, 7) is 8.87. The lowest BCUT2D eigenvalue weighted by molar-refractivity contribution is 0.591. The average molecular weight is 855 g/mol. The van der Waals surface area contributed by atoms with Gasteiger partial charge in [-0.1, -0.05) is 217 Å². The molecule has 0 fully saturated rings. The van der Waals surface area contributed by atoms with Crippen molar-refractivity contribution in [3.05, 3.63) is 192 Å². The van der Waals surface area contributed by atoms with Crippen LogP contribution in [0.3, 0.4) is 0 Å². The first-order valence-electron chi connectivity index (χ1n) is 23.2. The Hall–Kier alpha value is -5.00. The minimum atomic E-state index is -3.14. The van der Waals surface area contributed by atoms with Crippen LogP contribution in [-0.2, 0) is 34.8 Å². The Morgan fingerprint density at radius 2 is 0.516 bits per heavy atom. The molecule has 0 aliphatic rings. The quantitative estimate of drug-likeness (QED) is 0.0716. The van der Waals surface area contributed by atoms with Gasteiger partial charge in [-0.3, -0.25) is 0 Å². The summed E-state index contributed by atoms with van der Waals surface area (Å²) in [6, 6.07) is 59.4. The highest BCUT2D eigenvalue weighted by Crippen LogP contribution is 2.44. The molecule has 7 aromatic carbocycles. The molecule has 0 N–H and O–H groups in total. The minimum absolute atomic E-state index is 0.839. The second kappa shape index (κ2) is 21.4. The molecule has 0 aromatic heterocycles. The zero-order valence-electron chi connectivity index (χ0n) is 37.4. The number of unbranched alkanes of at least 4 members (excludes halogenated alkanes) is 4. The molecule has 0 unspecified atom stereocenters. The van der Waals surface area contributed by atoms with E-state index in [1.165, 1.54) is 22.3 Å². The first-order valence-corrected chi connectivity index (χ1v) is 26.6. The Bertz CT molecular complexity index is 2280. The summed E-state index contributed by atoms with van der Waals surface area (Å²) in [5.74, 6) is 0. The minimum Gasteiger partial charge on any atom is -0.309 e. The molecule has 0 saturated heterocycles. The van der Waals surface area contributed by atoms with Crippen LogP contribution in [0.25, 0.3) is 22.3 Å². The van der Waals surface area contributed by atoms with Crippen molar-refractivity contribution in [3.63, 3.8) is 0 Å². The van der Waals surface area contributed by atoms with Crippen LogP contribution in [0, 0.1) is 0 Å².